The summed E-state index contributed by atoms with van der Waals surface area (Å²) in [5, 5.41) is 9.75. The highest BCUT2D eigenvalue weighted by atomic mass is 79.9. The molecule has 1 aromatic rings. The van der Waals surface area contributed by atoms with E-state index in [1.807, 2.05) is 0 Å². The van der Waals surface area contributed by atoms with Gasteiger partial charge in [-0.3, -0.25) is 0 Å². The van der Waals surface area contributed by atoms with Crippen molar-refractivity contribution in [3.8, 4) is 5.75 Å². The van der Waals surface area contributed by atoms with Gasteiger partial charge in [0.05, 0.1) is 15.1 Å². The molecule has 1 aromatic carbocycles. The number of phenolic OH excluding ortho intramolecular Hbond substituents is 1. The summed E-state index contributed by atoms with van der Waals surface area (Å²) in [6.07, 6.45) is 0. The van der Waals surface area contributed by atoms with Crippen LogP contribution in [0.4, 0.5) is 0 Å². The van der Waals surface area contributed by atoms with E-state index in [2.05, 4.69) is 15.9 Å². The van der Waals surface area contributed by atoms with E-state index in [9.17, 15) is 9.90 Å². The number of esters is 1. The smallest absolute Gasteiger partial charge is 0.338 e. The number of carbonyl (C=O) groups excluding carboxylic acids is 1. The first-order valence-electron chi connectivity index (χ1n) is 4.62. The molecule has 0 heterocycles. The van der Waals surface area contributed by atoms with Crippen molar-refractivity contribution >= 4 is 33.5 Å². The molecular formula is C11H12BrClO3. The topological polar surface area (TPSA) is 46.5 Å². The number of hydrogen-bond donors (Lipinski definition) is 1. The average molecular weight is 308 g/mol. The molecule has 0 spiro atoms. The Hall–Kier alpha value is -0.740. The molecule has 0 amide bonds. The summed E-state index contributed by atoms with van der Waals surface area (Å²) >= 11 is 8.91. The van der Waals surface area contributed by atoms with Gasteiger partial charge in [-0.2, -0.15) is 0 Å². The second-order valence-electron chi connectivity index (χ2n) is 4.29. The van der Waals surface area contributed by atoms with Crippen LogP contribution in [0.3, 0.4) is 0 Å². The molecule has 0 aliphatic carbocycles. The molecular weight excluding hydrogens is 295 g/mol. The third-order valence-electron chi connectivity index (χ3n) is 1.64. The van der Waals surface area contributed by atoms with Crippen LogP contribution in [0.25, 0.3) is 0 Å². The zero-order valence-corrected chi connectivity index (χ0v) is 11.5. The second-order valence-corrected chi connectivity index (χ2v) is 5.49. The van der Waals surface area contributed by atoms with Crippen molar-refractivity contribution in [2.45, 2.75) is 26.4 Å². The van der Waals surface area contributed by atoms with Crippen LogP contribution in [0.5, 0.6) is 5.75 Å². The number of halogens is 2. The Kier molecular flexibility index (Phi) is 3.86. The number of carbonyl (C=O) groups is 1. The first kappa shape index (κ1) is 13.3. The van der Waals surface area contributed by atoms with Gasteiger partial charge in [0.1, 0.15) is 11.4 Å². The minimum atomic E-state index is -0.577. The molecule has 0 saturated carbocycles. The SMILES string of the molecule is CC(C)(C)OC(=O)c1cc(O)c(Br)c(Cl)c1. The van der Waals surface area contributed by atoms with Gasteiger partial charge in [-0.15, -0.1) is 0 Å². The molecule has 0 unspecified atom stereocenters. The lowest BCUT2D eigenvalue weighted by molar-refractivity contribution is 0.00691. The molecule has 0 radical (unpaired) electrons. The standard InChI is InChI=1S/C11H12BrClO3/c1-11(2,3)16-10(15)6-4-7(13)9(12)8(14)5-6/h4-5,14H,1-3H3. The molecule has 1 N–H and O–H groups in total. The van der Waals surface area contributed by atoms with Crippen LogP contribution in [-0.2, 0) is 4.74 Å². The maximum absolute atomic E-state index is 11.7. The monoisotopic (exact) mass is 306 g/mol. The van der Waals surface area contributed by atoms with Crippen LogP contribution in [-0.4, -0.2) is 16.7 Å². The molecule has 0 atom stereocenters. The summed E-state index contributed by atoms with van der Waals surface area (Å²) in [6.45, 7) is 5.31. The van der Waals surface area contributed by atoms with Crippen LogP contribution >= 0.6 is 27.5 Å². The maximum Gasteiger partial charge on any atom is 0.338 e. The van der Waals surface area contributed by atoms with E-state index >= 15 is 0 Å². The van der Waals surface area contributed by atoms with E-state index in [0.29, 0.717) is 4.47 Å². The number of aromatic hydroxyl groups is 1. The van der Waals surface area contributed by atoms with Crippen molar-refractivity contribution < 1.29 is 14.6 Å². The van der Waals surface area contributed by atoms with Gasteiger partial charge in [-0.05, 0) is 48.8 Å². The molecule has 0 bridgehead atoms. The van der Waals surface area contributed by atoms with Gasteiger partial charge in [-0.1, -0.05) is 11.6 Å². The minimum Gasteiger partial charge on any atom is -0.507 e. The molecule has 0 aliphatic heterocycles. The Morgan fingerprint density at radius 1 is 1.44 bits per heavy atom. The van der Waals surface area contributed by atoms with Crippen LogP contribution in [0.1, 0.15) is 31.1 Å². The van der Waals surface area contributed by atoms with Crippen molar-refractivity contribution in [1.82, 2.24) is 0 Å². The van der Waals surface area contributed by atoms with Gasteiger partial charge in [0, 0.05) is 0 Å². The average Bonchev–Trinajstić information content (AvgIpc) is 2.10. The Balaban J connectivity index is 3.02. The Labute approximate surface area is 107 Å². The van der Waals surface area contributed by atoms with Gasteiger partial charge in [0.25, 0.3) is 0 Å². The highest BCUT2D eigenvalue weighted by molar-refractivity contribution is 9.10. The van der Waals surface area contributed by atoms with Crippen LogP contribution in [0.2, 0.25) is 5.02 Å². The summed E-state index contributed by atoms with van der Waals surface area (Å²) in [4.78, 5) is 11.7. The van der Waals surface area contributed by atoms with Gasteiger partial charge >= 0.3 is 5.97 Å². The summed E-state index contributed by atoms with van der Waals surface area (Å²) in [5.74, 6) is -0.606. The first-order valence-corrected chi connectivity index (χ1v) is 5.79. The van der Waals surface area contributed by atoms with Gasteiger partial charge in [0.15, 0.2) is 0 Å². The van der Waals surface area contributed by atoms with E-state index in [4.69, 9.17) is 16.3 Å². The Bertz CT molecular complexity index is 401. The highest BCUT2D eigenvalue weighted by Crippen LogP contribution is 2.33. The van der Waals surface area contributed by atoms with Gasteiger partial charge in [0.2, 0.25) is 0 Å². The molecule has 3 nitrogen and oxygen atoms in total. The molecule has 0 aliphatic rings. The fraction of sp³-hybridized carbons (Fsp3) is 0.364. The molecule has 1 rings (SSSR count). The molecule has 5 heteroatoms. The van der Waals surface area contributed by atoms with E-state index in [-0.39, 0.29) is 16.3 Å². The van der Waals surface area contributed by atoms with Crippen molar-refractivity contribution in [1.29, 1.82) is 0 Å². The molecule has 0 saturated heterocycles. The number of benzene rings is 1. The normalized spacial score (nSPS) is 11.3. The van der Waals surface area contributed by atoms with E-state index in [1.54, 1.807) is 20.8 Å². The molecule has 0 aromatic heterocycles. The van der Waals surface area contributed by atoms with Crippen LogP contribution in [0, 0.1) is 0 Å². The summed E-state index contributed by atoms with van der Waals surface area (Å²) in [6, 6.07) is 2.75. The first-order chi connectivity index (χ1) is 7.20. The zero-order valence-electron chi connectivity index (χ0n) is 9.17. The number of hydrogen-bond acceptors (Lipinski definition) is 3. The zero-order chi connectivity index (χ0) is 12.5. The summed E-state index contributed by atoms with van der Waals surface area (Å²) in [5.41, 5.74) is -0.354. The van der Waals surface area contributed by atoms with Gasteiger partial charge in [-0.25, -0.2) is 4.79 Å². The largest absolute Gasteiger partial charge is 0.507 e. The van der Waals surface area contributed by atoms with Gasteiger partial charge < -0.3 is 9.84 Å². The lowest BCUT2D eigenvalue weighted by Gasteiger charge is -2.19. The Morgan fingerprint density at radius 3 is 2.44 bits per heavy atom. The molecule has 88 valence electrons. The predicted molar refractivity (Wildman–Crippen MR) is 66.0 cm³/mol. The third kappa shape index (κ3) is 3.39. The molecule has 16 heavy (non-hydrogen) atoms. The molecule has 0 fully saturated rings. The van der Waals surface area contributed by atoms with E-state index in [0.717, 1.165) is 0 Å². The maximum atomic E-state index is 11.7. The quantitative estimate of drug-likeness (QED) is 0.804. The number of rotatable bonds is 1. The van der Waals surface area contributed by atoms with Crippen molar-refractivity contribution in [3.63, 3.8) is 0 Å². The fourth-order valence-electron chi connectivity index (χ4n) is 1.03. The lowest BCUT2D eigenvalue weighted by Crippen LogP contribution is -2.23. The Morgan fingerprint density at radius 2 is 2.00 bits per heavy atom. The third-order valence-corrected chi connectivity index (χ3v) is 3.00. The van der Waals surface area contributed by atoms with E-state index in [1.165, 1.54) is 12.1 Å². The van der Waals surface area contributed by atoms with Crippen molar-refractivity contribution in [2.75, 3.05) is 0 Å². The summed E-state index contributed by atoms with van der Waals surface area (Å²) < 4.78 is 5.51. The van der Waals surface area contributed by atoms with Crippen LogP contribution < -0.4 is 0 Å². The lowest BCUT2D eigenvalue weighted by atomic mass is 10.1. The van der Waals surface area contributed by atoms with Crippen molar-refractivity contribution in [2.24, 2.45) is 0 Å². The van der Waals surface area contributed by atoms with Crippen molar-refractivity contribution in [3.05, 3.63) is 27.2 Å². The van der Waals surface area contributed by atoms with Crippen LogP contribution in [0.15, 0.2) is 16.6 Å². The minimum absolute atomic E-state index is 0.0895. The number of ether oxygens (including phenoxy) is 1. The predicted octanol–water partition coefficient (Wildman–Crippen LogP) is 3.76. The second kappa shape index (κ2) is 4.63. The number of phenols is 1. The van der Waals surface area contributed by atoms with E-state index < -0.39 is 11.6 Å². The highest BCUT2D eigenvalue weighted by Gasteiger charge is 2.19. The summed E-state index contributed by atoms with van der Waals surface area (Å²) in [7, 11) is 0. The fourth-order valence-corrected chi connectivity index (χ4v) is 1.47.